The first-order chi connectivity index (χ1) is 12.7. The Bertz CT molecular complexity index is 504. The molecule has 0 saturated carbocycles. The van der Waals surface area contributed by atoms with Crippen molar-refractivity contribution in [2.75, 3.05) is 13.2 Å². The van der Waals surface area contributed by atoms with Gasteiger partial charge in [0.05, 0.1) is 13.2 Å². The van der Waals surface area contributed by atoms with Crippen molar-refractivity contribution in [1.29, 1.82) is 0 Å². The number of hydrogen-bond donors (Lipinski definition) is 8. The lowest BCUT2D eigenvalue weighted by Gasteiger charge is -2.45. The van der Waals surface area contributed by atoms with E-state index in [-0.39, 0.29) is 5.90 Å². The van der Waals surface area contributed by atoms with Crippen molar-refractivity contribution in [3.63, 3.8) is 0 Å². The third-order valence-corrected chi connectivity index (χ3v) is 4.44. The average molecular weight is 399 g/mol. The summed E-state index contributed by atoms with van der Waals surface area (Å²) in [5, 5.41) is 77.3. The maximum absolute atomic E-state index is 10.5. The number of aliphatic hydroxyl groups is 7. The van der Waals surface area contributed by atoms with Crippen LogP contribution in [0, 0.1) is 0 Å². The average Bonchev–Trinajstić information content (AvgIpc) is 2.66. The number of hydrogen-bond acceptors (Lipinski definition) is 13. The summed E-state index contributed by atoms with van der Waals surface area (Å²) in [4.78, 5) is 7.62. The topological polar surface area (TPSA) is 211 Å². The van der Waals surface area contributed by atoms with Crippen LogP contribution in [-0.2, 0) is 19.1 Å². The molecule has 0 aromatic heterocycles. The molecule has 13 nitrogen and oxygen atoms in total. The SMILES string of the molecule is CC(=N[C@@H]1[C@@H](O)[C@H](O[C@@H]2O[C@H](CO)[C@H](O)[C@H](O)[C@H]2O)[C@@H](CO)O[C@H]1O)OO. The number of aliphatic imine (C=N–C) groups is 1. The maximum atomic E-state index is 10.5. The maximum Gasteiger partial charge on any atom is 0.224 e. The molecule has 0 unspecified atom stereocenters. The van der Waals surface area contributed by atoms with E-state index in [4.69, 9.17) is 19.5 Å². The highest BCUT2D eigenvalue weighted by Crippen LogP contribution is 2.29. The van der Waals surface area contributed by atoms with Crippen LogP contribution in [-0.4, -0.2) is 121 Å². The summed E-state index contributed by atoms with van der Waals surface area (Å²) in [6, 6.07) is -1.38. The van der Waals surface area contributed by atoms with Crippen LogP contribution in [0.5, 0.6) is 0 Å². The van der Waals surface area contributed by atoms with Gasteiger partial charge in [0.25, 0.3) is 0 Å². The molecule has 2 aliphatic rings. The molecule has 10 atom stereocenters. The Morgan fingerprint density at radius 2 is 1.52 bits per heavy atom. The van der Waals surface area contributed by atoms with Gasteiger partial charge in [0.1, 0.15) is 48.8 Å². The number of nitrogens with zero attached hydrogens (tertiary/aromatic N) is 1. The summed E-state index contributed by atoms with van der Waals surface area (Å²) in [6.45, 7) is -0.135. The lowest BCUT2D eigenvalue weighted by molar-refractivity contribution is -0.344. The quantitative estimate of drug-likeness (QED) is 0.0951. The molecule has 0 aliphatic carbocycles. The van der Waals surface area contributed by atoms with Crippen molar-refractivity contribution >= 4 is 5.90 Å². The largest absolute Gasteiger partial charge is 0.394 e. The van der Waals surface area contributed by atoms with Crippen molar-refractivity contribution in [3.05, 3.63) is 0 Å². The highest BCUT2D eigenvalue weighted by atomic mass is 17.1. The van der Waals surface area contributed by atoms with Crippen molar-refractivity contribution < 1.29 is 60.1 Å². The van der Waals surface area contributed by atoms with Crippen LogP contribution in [0.4, 0.5) is 0 Å². The minimum Gasteiger partial charge on any atom is -0.394 e. The zero-order valence-corrected chi connectivity index (χ0v) is 14.3. The summed E-state index contributed by atoms with van der Waals surface area (Å²) in [5.41, 5.74) is 0. The van der Waals surface area contributed by atoms with Gasteiger partial charge in [-0.3, -0.25) is 0 Å². The van der Waals surface area contributed by atoms with Crippen LogP contribution in [0.3, 0.4) is 0 Å². The van der Waals surface area contributed by atoms with Gasteiger partial charge < -0.3 is 54.8 Å². The van der Waals surface area contributed by atoms with Crippen LogP contribution in [0.15, 0.2) is 4.99 Å². The minimum atomic E-state index is -1.74. The first-order valence-corrected chi connectivity index (χ1v) is 8.19. The summed E-state index contributed by atoms with van der Waals surface area (Å²) in [5.74, 6) is -0.296. The highest BCUT2D eigenvalue weighted by Gasteiger charge is 2.50. The van der Waals surface area contributed by atoms with Gasteiger partial charge in [-0.25, -0.2) is 10.2 Å². The second-order valence-electron chi connectivity index (χ2n) is 6.27. The van der Waals surface area contributed by atoms with E-state index in [1.807, 2.05) is 0 Å². The molecule has 2 heterocycles. The predicted molar refractivity (Wildman–Crippen MR) is 83.2 cm³/mol. The van der Waals surface area contributed by atoms with Crippen molar-refractivity contribution in [2.24, 2.45) is 4.99 Å². The summed E-state index contributed by atoms with van der Waals surface area (Å²) in [6.07, 6.45) is -13.8. The zero-order chi connectivity index (χ0) is 20.3. The molecular weight excluding hydrogens is 374 g/mol. The molecule has 0 aromatic rings. The van der Waals surface area contributed by atoms with Crippen molar-refractivity contribution in [1.82, 2.24) is 0 Å². The summed E-state index contributed by atoms with van der Waals surface area (Å²) < 4.78 is 15.8. The third kappa shape index (κ3) is 4.72. The van der Waals surface area contributed by atoms with Gasteiger partial charge in [0, 0.05) is 6.92 Å². The molecule has 0 aromatic carbocycles. The number of rotatable bonds is 5. The van der Waals surface area contributed by atoms with E-state index in [0.29, 0.717) is 0 Å². The van der Waals surface area contributed by atoms with Gasteiger partial charge in [-0.15, -0.1) is 0 Å². The second-order valence-corrected chi connectivity index (χ2v) is 6.27. The Morgan fingerprint density at radius 3 is 2.07 bits per heavy atom. The fourth-order valence-corrected chi connectivity index (χ4v) is 2.94. The molecule has 2 fully saturated rings. The van der Waals surface area contributed by atoms with Crippen LogP contribution in [0.25, 0.3) is 0 Å². The van der Waals surface area contributed by atoms with Crippen LogP contribution < -0.4 is 0 Å². The van der Waals surface area contributed by atoms with E-state index >= 15 is 0 Å². The second kappa shape index (κ2) is 9.49. The van der Waals surface area contributed by atoms with Gasteiger partial charge in [-0.2, -0.15) is 0 Å². The molecule has 0 bridgehead atoms. The first kappa shape index (κ1) is 22.3. The number of ether oxygens (including phenoxy) is 3. The molecule has 2 rings (SSSR count). The van der Waals surface area contributed by atoms with Gasteiger partial charge in [-0.05, 0) is 0 Å². The molecule has 8 N–H and O–H groups in total. The molecule has 158 valence electrons. The molecule has 0 spiro atoms. The van der Waals surface area contributed by atoms with Crippen LogP contribution in [0.2, 0.25) is 0 Å². The molecule has 0 radical (unpaired) electrons. The highest BCUT2D eigenvalue weighted by molar-refractivity contribution is 5.72. The zero-order valence-electron chi connectivity index (χ0n) is 14.3. The minimum absolute atomic E-state index is 0.296. The normalized spacial score (nSPS) is 46.3. The monoisotopic (exact) mass is 399 g/mol. The fourth-order valence-electron chi connectivity index (χ4n) is 2.94. The van der Waals surface area contributed by atoms with Crippen LogP contribution >= 0.6 is 0 Å². The van der Waals surface area contributed by atoms with Crippen molar-refractivity contribution in [2.45, 2.75) is 68.3 Å². The molecule has 27 heavy (non-hydrogen) atoms. The van der Waals surface area contributed by atoms with Gasteiger partial charge >= 0.3 is 0 Å². The molecule has 13 heteroatoms. The van der Waals surface area contributed by atoms with Crippen LogP contribution in [0.1, 0.15) is 6.92 Å². The Kier molecular flexibility index (Phi) is 7.84. The standard InChI is InChI=1S/C14H25NO12/c1-4(27-23)15-7-9(19)12(6(3-17)24-13(7)22)26-14-11(21)10(20)8(18)5(2-16)25-14/h5-14,16-23H,2-3H2,1H3/t5-,6-,7-,8+,9-,10+,11-,12-,13-,14+/m1/s1. The van der Waals surface area contributed by atoms with Gasteiger partial charge in [-0.1, -0.05) is 0 Å². The van der Waals surface area contributed by atoms with E-state index in [1.54, 1.807) is 0 Å². The molecule has 0 amide bonds. The van der Waals surface area contributed by atoms with E-state index in [1.165, 1.54) is 6.92 Å². The number of aliphatic hydroxyl groups excluding tert-OH is 7. The third-order valence-electron chi connectivity index (χ3n) is 4.44. The molecule has 2 saturated heterocycles. The van der Waals surface area contributed by atoms with E-state index < -0.39 is 74.6 Å². The van der Waals surface area contributed by atoms with Gasteiger partial charge in [0.2, 0.25) is 5.90 Å². The Hall–Kier alpha value is -0.970. The predicted octanol–water partition coefficient (Wildman–Crippen LogP) is -4.48. The Balaban J connectivity index is 2.20. The summed E-state index contributed by atoms with van der Waals surface area (Å²) in [7, 11) is 0. The van der Waals surface area contributed by atoms with E-state index in [9.17, 15) is 35.7 Å². The van der Waals surface area contributed by atoms with E-state index in [0.717, 1.165) is 0 Å². The lowest BCUT2D eigenvalue weighted by Crippen LogP contribution is -2.64. The lowest BCUT2D eigenvalue weighted by atomic mass is 9.96. The first-order valence-electron chi connectivity index (χ1n) is 8.19. The molecule has 2 aliphatic heterocycles. The smallest absolute Gasteiger partial charge is 0.224 e. The Morgan fingerprint density at radius 1 is 0.889 bits per heavy atom. The van der Waals surface area contributed by atoms with Gasteiger partial charge in [0.15, 0.2) is 12.6 Å². The molecular formula is C14H25NO12. The van der Waals surface area contributed by atoms with Crippen molar-refractivity contribution in [3.8, 4) is 0 Å². The van der Waals surface area contributed by atoms with E-state index in [2.05, 4.69) is 9.88 Å². The fraction of sp³-hybridized carbons (Fsp3) is 0.929. The Labute approximate surface area is 153 Å². The summed E-state index contributed by atoms with van der Waals surface area (Å²) >= 11 is 0.